The number of benzene rings is 1. The van der Waals surface area contributed by atoms with Gasteiger partial charge in [0.15, 0.2) is 0 Å². The third-order valence-electron chi connectivity index (χ3n) is 6.58. The second kappa shape index (κ2) is 4.59. The molecule has 1 aromatic carbocycles. The fourth-order valence-electron chi connectivity index (χ4n) is 6.23. The zero-order valence-corrected chi connectivity index (χ0v) is 14.1. The molecule has 4 saturated carbocycles. The van der Waals surface area contributed by atoms with Gasteiger partial charge in [0, 0.05) is 14.1 Å². The van der Waals surface area contributed by atoms with Crippen LogP contribution in [-0.4, -0.2) is 24.9 Å². The summed E-state index contributed by atoms with van der Waals surface area (Å²) in [4.78, 5) is 14.8. The third-order valence-corrected chi connectivity index (χ3v) is 6.58. The fraction of sp³-hybridized carbons (Fsp3) is 0.650. The lowest BCUT2D eigenvalue weighted by Gasteiger charge is -2.62. The number of carbonyl (C=O) groups is 1. The van der Waals surface area contributed by atoms with Crippen molar-refractivity contribution in [3.8, 4) is 0 Å². The van der Waals surface area contributed by atoms with Gasteiger partial charge in [-0.3, -0.25) is 4.79 Å². The van der Waals surface area contributed by atoms with Crippen molar-refractivity contribution in [3.63, 3.8) is 0 Å². The topological polar surface area (TPSA) is 20.3 Å². The van der Waals surface area contributed by atoms with Crippen molar-refractivity contribution in [2.75, 3.05) is 14.1 Å². The molecule has 4 aliphatic rings. The van der Waals surface area contributed by atoms with Crippen molar-refractivity contribution in [2.24, 2.45) is 17.3 Å². The van der Waals surface area contributed by atoms with Crippen LogP contribution in [0.25, 0.3) is 0 Å². The normalized spacial score (nSPS) is 39.0. The van der Waals surface area contributed by atoms with Crippen LogP contribution in [0.2, 0.25) is 0 Å². The average molecular weight is 297 g/mol. The molecule has 1 amide bonds. The van der Waals surface area contributed by atoms with Crippen molar-refractivity contribution in [3.05, 3.63) is 35.4 Å². The highest BCUT2D eigenvalue weighted by Crippen LogP contribution is 2.66. The Balaban J connectivity index is 1.76. The van der Waals surface area contributed by atoms with E-state index in [1.165, 1.54) is 30.4 Å². The summed E-state index contributed by atoms with van der Waals surface area (Å²) in [6.07, 6.45) is 7.30. The molecule has 0 radical (unpaired) electrons. The molecule has 0 aromatic heterocycles. The highest BCUT2D eigenvalue weighted by molar-refractivity contribution is 5.83. The number of hydrogen-bond acceptors (Lipinski definition) is 1. The number of amides is 1. The van der Waals surface area contributed by atoms with E-state index in [2.05, 4.69) is 31.2 Å². The molecule has 2 atom stereocenters. The molecule has 4 bridgehead atoms. The zero-order valence-electron chi connectivity index (χ0n) is 14.1. The number of hydrogen-bond donors (Lipinski definition) is 0. The first kappa shape index (κ1) is 14.3. The molecule has 0 heterocycles. The second-order valence-corrected chi connectivity index (χ2v) is 8.59. The molecular formula is C20H27NO. The van der Waals surface area contributed by atoms with E-state index < -0.39 is 0 Å². The van der Waals surface area contributed by atoms with Crippen LogP contribution in [0, 0.1) is 24.2 Å². The van der Waals surface area contributed by atoms with Crippen LogP contribution in [0.4, 0.5) is 0 Å². The zero-order chi connectivity index (χ0) is 15.5. The van der Waals surface area contributed by atoms with Crippen LogP contribution in [0.3, 0.4) is 0 Å². The summed E-state index contributed by atoms with van der Waals surface area (Å²) < 4.78 is 0. The van der Waals surface area contributed by atoms with Crippen molar-refractivity contribution < 1.29 is 4.79 Å². The number of carbonyl (C=O) groups excluding carboxylic acids is 1. The van der Waals surface area contributed by atoms with Crippen LogP contribution >= 0.6 is 0 Å². The Morgan fingerprint density at radius 1 is 1.05 bits per heavy atom. The van der Waals surface area contributed by atoms with E-state index in [4.69, 9.17) is 0 Å². The molecule has 118 valence electrons. The Hall–Kier alpha value is -1.31. The molecule has 22 heavy (non-hydrogen) atoms. The molecule has 0 aliphatic heterocycles. The van der Waals surface area contributed by atoms with E-state index in [-0.39, 0.29) is 10.8 Å². The minimum Gasteiger partial charge on any atom is -0.348 e. The van der Waals surface area contributed by atoms with Gasteiger partial charge in [-0.2, -0.15) is 0 Å². The maximum Gasteiger partial charge on any atom is 0.228 e. The van der Waals surface area contributed by atoms with E-state index in [1.54, 1.807) is 0 Å². The van der Waals surface area contributed by atoms with Gasteiger partial charge in [-0.1, -0.05) is 29.8 Å². The molecule has 1 aromatic rings. The predicted octanol–water partition coefficient (Wildman–Crippen LogP) is 3.92. The first-order valence-electron chi connectivity index (χ1n) is 8.71. The molecule has 0 N–H and O–H groups in total. The first-order valence-corrected chi connectivity index (χ1v) is 8.71. The molecule has 4 fully saturated rings. The lowest BCUT2D eigenvalue weighted by Crippen LogP contribution is -2.58. The van der Waals surface area contributed by atoms with Crippen molar-refractivity contribution >= 4 is 5.91 Å². The van der Waals surface area contributed by atoms with Crippen LogP contribution in [0.15, 0.2) is 24.3 Å². The Kier molecular flexibility index (Phi) is 2.99. The van der Waals surface area contributed by atoms with Crippen LogP contribution < -0.4 is 0 Å². The van der Waals surface area contributed by atoms with Gasteiger partial charge in [0.1, 0.15) is 0 Å². The monoisotopic (exact) mass is 297 g/mol. The van der Waals surface area contributed by atoms with Gasteiger partial charge in [-0.05, 0) is 68.3 Å². The summed E-state index contributed by atoms with van der Waals surface area (Å²) in [5.41, 5.74) is 3.01. The van der Waals surface area contributed by atoms with Crippen molar-refractivity contribution in [1.29, 1.82) is 0 Å². The minimum absolute atomic E-state index is 0.0710. The molecule has 4 aliphatic carbocycles. The number of aryl methyl sites for hydroxylation is 1. The molecule has 0 saturated heterocycles. The van der Waals surface area contributed by atoms with Gasteiger partial charge in [0.05, 0.1) is 5.41 Å². The lowest BCUT2D eigenvalue weighted by molar-refractivity contribution is -0.157. The van der Waals surface area contributed by atoms with E-state index >= 15 is 0 Å². The molecule has 0 spiro atoms. The predicted molar refractivity (Wildman–Crippen MR) is 88.7 cm³/mol. The fourth-order valence-corrected chi connectivity index (χ4v) is 6.23. The first-order chi connectivity index (χ1) is 10.4. The van der Waals surface area contributed by atoms with Crippen LogP contribution in [-0.2, 0) is 10.2 Å². The number of rotatable bonds is 2. The number of nitrogens with zero attached hydrogens (tertiary/aromatic N) is 1. The van der Waals surface area contributed by atoms with Gasteiger partial charge in [-0.25, -0.2) is 0 Å². The summed E-state index contributed by atoms with van der Waals surface area (Å²) in [5.74, 6) is 1.90. The van der Waals surface area contributed by atoms with Gasteiger partial charge in [0.2, 0.25) is 5.91 Å². The van der Waals surface area contributed by atoms with E-state index in [0.717, 1.165) is 31.1 Å². The highest BCUT2D eigenvalue weighted by atomic mass is 16.2. The Labute approximate surface area is 133 Å². The Morgan fingerprint density at radius 2 is 1.64 bits per heavy atom. The maximum atomic E-state index is 13.0. The van der Waals surface area contributed by atoms with Gasteiger partial charge in [0.25, 0.3) is 0 Å². The summed E-state index contributed by atoms with van der Waals surface area (Å²) in [6.45, 7) is 2.15. The molecule has 2 nitrogen and oxygen atoms in total. The Morgan fingerprint density at radius 3 is 2.18 bits per heavy atom. The van der Waals surface area contributed by atoms with Crippen LogP contribution in [0.5, 0.6) is 0 Å². The SMILES string of the molecule is Cc1ccc(C23C[C@@H]4C[C@H](CC(C(=O)N(C)C)(C4)C2)C3)cc1. The molecule has 5 rings (SSSR count). The van der Waals surface area contributed by atoms with E-state index in [1.807, 2.05) is 19.0 Å². The lowest BCUT2D eigenvalue weighted by atomic mass is 9.42. The quantitative estimate of drug-likeness (QED) is 0.810. The van der Waals surface area contributed by atoms with Gasteiger partial charge >= 0.3 is 0 Å². The van der Waals surface area contributed by atoms with Crippen LogP contribution in [0.1, 0.15) is 49.7 Å². The van der Waals surface area contributed by atoms with Crippen molar-refractivity contribution in [1.82, 2.24) is 4.90 Å². The van der Waals surface area contributed by atoms with E-state index in [9.17, 15) is 4.79 Å². The summed E-state index contributed by atoms with van der Waals surface area (Å²) >= 11 is 0. The van der Waals surface area contributed by atoms with E-state index in [0.29, 0.717) is 5.91 Å². The second-order valence-electron chi connectivity index (χ2n) is 8.59. The van der Waals surface area contributed by atoms with Gasteiger partial charge in [-0.15, -0.1) is 0 Å². The maximum absolute atomic E-state index is 13.0. The standard InChI is InChI=1S/C20H27NO/c1-14-4-6-17(7-5-14)19-9-15-8-16(10-19)12-20(11-15,13-19)18(22)21(2)3/h4-7,15-16H,8-13H2,1-3H3/t15-,16-,19?,20?/m0/s1. The molecular weight excluding hydrogens is 270 g/mol. The third kappa shape index (κ3) is 1.96. The smallest absolute Gasteiger partial charge is 0.228 e. The molecule has 2 heteroatoms. The molecule has 0 unspecified atom stereocenters. The summed E-state index contributed by atoms with van der Waals surface area (Å²) in [6, 6.07) is 9.15. The van der Waals surface area contributed by atoms with Gasteiger partial charge < -0.3 is 4.90 Å². The highest BCUT2D eigenvalue weighted by Gasteiger charge is 2.61. The average Bonchev–Trinajstić information content (AvgIpc) is 2.45. The Bertz CT molecular complexity index is 587. The van der Waals surface area contributed by atoms with Crippen molar-refractivity contribution in [2.45, 2.75) is 50.9 Å². The summed E-state index contributed by atoms with van der Waals surface area (Å²) in [7, 11) is 3.86. The largest absolute Gasteiger partial charge is 0.348 e. The summed E-state index contributed by atoms with van der Waals surface area (Å²) in [5, 5.41) is 0. The minimum atomic E-state index is -0.0710.